The van der Waals surface area contributed by atoms with Gasteiger partial charge in [0.25, 0.3) is 11.8 Å². The van der Waals surface area contributed by atoms with E-state index in [0.29, 0.717) is 22.4 Å². The third-order valence-electron chi connectivity index (χ3n) is 10.2. The first-order chi connectivity index (χ1) is 27.3. The van der Waals surface area contributed by atoms with Crippen LogP contribution in [-0.4, -0.2) is 56.3 Å². The Labute approximate surface area is 339 Å². The van der Waals surface area contributed by atoms with E-state index in [-0.39, 0.29) is 35.4 Å². The van der Waals surface area contributed by atoms with E-state index < -0.39 is 29.7 Å². The highest BCUT2D eigenvalue weighted by Gasteiger charge is 2.47. The van der Waals surface area contributed by atoms with Crippen LogP contribution in [0.25, 0.3) is 10.1 Å². The molecule has 1 unspecified atom stereocenters. The van der Waals surface area contributed by atoms with Crippen LogP contribution in [0.15, 0.2) is 72.8 Å². The maximum atomic E-state index is 14.2. The summed E-state index contributed by atoms with van der Waals surface area (Å²) >= 11 is 7.58. The highest BCUT2D eigenvalue weighted by Crippen LogP contribution is 2.30. The van der Waals surface area contributed by atoms with Crippen LogP contribution >= 0.6 is 23.1 Å². The zero-order valence-corrected chi connectivity index (χ0v) is 34.0. The molecule has 1 aliphatic heterocycles. The van der Waals surface area contributed by atoms with Gasteiger partial charge in [-0.05, 0) is 47.8 Å². The zero-order chi connectivity index (χ0) is 39.7. The predicted molar refractivity (Wildman–Crippen MR) is 225 cm³/mol. The number of amides is 5. The number of imide groups is 1. The van der Waals surface area contributed by atoms with Crippen LogP contribution in [0.5, 0.6) is 0 Å². The van der Waals surface area contributed by atoms with Crippen LogP contribution < -0.4 is 10.6 Å². The minimum atomic E-state index is -1.86. The lowest BCUT2D eigenvalue weighted by Gasteiger charge is -2.24. The second-order valence-electron chi connectivity index (χ2n) is 14.6. The van der Waals surface area contributed by atoms with Gasteiger partial charge in [0.05, 0.1) is 15.4 Å². The van der Waals surface area contributed by atoms with Crippen LogP contribution in [0.3, 0.4) is 0 Å². The zero-order valence-electron chi connectivity index (χ0n) is 32.4. The van der Waals surface area contributed by atoms with Crippen molar-refractivity contribution in [1.82, 2.24) is 14.2 Å². The summed E-state index contributed by atoms with van der Waals surface area (Å²) in [6.07, 6.45) is 19.1. The minimum Gasteiger partial charge on any atom is -0.326 e. The fraction of sp³-hybridized carbons (Fsp3) is 0.455. The van der Waals surface area contributed by atoms with Crippen LogP contribution in [-0.2, 0) is 20.9 Å². The first kappa shape index (κ1) is 42.5. The summed E-state index contributed by atoms with van der Waals surface area (Å²) in [5, 5.41) is 6.20. The SMILES string of the molecule is CCCCCCCCCCCCCCCCCC(=O)Nc1ccc(Cl)c(NC(=O)C(C(=O)c2nsc3ccccc23)N2C(=O)CN(Cc3ccccc3)C2=O)c1. The van der Waals surface area contributed by atoms with Crippen LogP contribution in [0.1, 0.15) is 126 Å². The maximum absolute atomic E-state index is 14.2. The fourth-order valence-corrected chi connectivity index (χ4v) is 8.02. The molecule has 5 amide bonds. The molecule has 0 radical (unpaired) electrons. The quantitative estimate of drug-likeness (QED) is 0.0314. The molecule has 2 heterocycles. The van der Waals surface area contributed by atoms with Crippen LogP contribution in [0.2, 0.25) is 5.02 Å². The number of nitrogens with zero attached hydrogens (tertiary/aromatic N) is 3. The van der Waals surface area contributed by atoms with Gasteiger partial charge in [-0.3, -0.25) is 19.2 Å². The van der Waals surface area contributed by atoms with E-state index in [1.807, 2.05) is 36.4 Å². The van der Waals surface area contributed by atoms with Gasteiger partial charge < -0.3 is 15.5 Å². The normalized spacial score (nSPS) is 13.4. The lowest BCUT2D eigenvalue weighted by atomic mass is 10.0. The number of nitrogens with one attached hydrogen (secondary N) is 2. The highest BCUT2D eigenvalue weighted by atomic mass is 35.5. The van der Waals surface area contributed by atoms with Gasteiger partial charge >= 0.3 is 6.03 Å². The molecule has 3 aromatic carbocycles. The molecule has 0 aliphatic carbocycles. The van der Waals surface area contributed by atoms with Gasteiger partial charge in [0.2, 0.25) is 11.7 Å². The first-order valence-corrected chi connectivity index (χ1v) is 21.4. The smallest absolute Gasteiger partial charge is 0.326 e. The van der Waals surface area contributed by atoms with Crippen molar-refractivity contribution >= 4 is 74.1 Å². The topological polar surface area (TPSA) is 129 Å². The van der Waals surface area contributed by atoms with E-state index in [2.05, 4.69) is 21.9 Å². The van der Waals surface area contributed by atoms with E-state index in [9.17, 15) is 24.0 Å². The van der Waals surface area contributed by atoms with Crippen molar-refractivity contribution in [3.8, 4) is 0 Å². The first-order valence-electron chi connectivity index (χ1n) is 20.2. The molecule has 12 heteroatoms. The Kier molecular flexibility index (Phi) is 16.9. The second kappa shape index (κ2) is 22.2. The van der Waals surface area contributed by atoms with Crippen molar-refractivity contribution in [2.24, 2.45) is 0 Å². The van der Waals surface area contributed by atoms with Crippen molar-refractivity contribution in [3.05, 3.63) is 89.1 Å². The molecular weight excluding hydrogens is 746 g/mol. The van der Waals surface area contributed by atoms with Crippen LogP contribution in [0, 0.1) is 0 Å². The molecule has 5 rings (SSSR count). The number of carbonyl (C=O) groups is 5. The second-order valence-corrected chi connectivity index (χ2v) is 15.8. The van der Waals surface area contributed by atoms with Gasteiger partial charge in [-0.2, -0.15) is 4.37 Å². The van der Waals surface area contributed by atoms with E-state index in [0.717, 1.165) is 41.1 Å². The highest BCUT2D eigenvalue weighted by molar-refractivity contribution is 7.13. The summed E-state index contributed by atoms with van der Waals surface area (Å²) in [6, 6.07) is 18.2. The van der Waals surface area contributed by atoms with Crippen molar-refractivity contribution < 1.29 is 24.0 Å². The number of ketones is 1. The number of anilines is 2. The third-order valence-corrected chi connectivity index (χ3v) is 11.3. The Morgan fingerprint density at radius 2 is 1.38 bits per heavy atom. The Morgan fingerprint density at radius 3 is 2.04 bits per heavy atom. The van der Waals surface area contributed by atoms with Crippen molar-refractivity contribution in [2.45, 2.75) is 122 Å². The maximum Gasteiger partial charge on any atom is 0.328 e. The summed E-state index contributed by atoms with van der Waals surface area (Å²) in [6.45, 7) is 2.08. The number of hydrogen-bond acceptors (Lipinski definition) is 7. The molecule has 1 aliphatic rings. The summed E-state index contributed by atoms with van der Waals surface area (Å²) in [5.41, 5.74) is 1.30. The monoisotopic (exact) mass is 799 g/mol. The minimum absolute atomic E-state index is 0.0150. The summed E-state index contributed by atoms with van der Waals surface area (Å²) < 4.78 is 5.04. The van der Waals surface area contributed by atoms with Gasteiger partial charge in [0, 0.05) is 24.0 Å². The molecule has 1 saturated heterocycles. The Balaban J connectivity index is 1.14. The largest absolute Gasteiger partial charge is 0.328 e. The summed E-state index contributed by atoms with van der Waals surface area (Å²) in [5.74, 6) is -2.58. The van der Waals surface area contributed by atoms with Crippen LogP contribution in [0.4, 0.5) is 16.2 Å². The summed E-state index contributed by atoms with van der Waals surface area (Å²) in [4.78, 5) is 70.4. The molecule has 0 spiro atoms. The Bertz CT molecular complexity index is 1940. The number of hydrogen-bond donors (Lipinski definition) is 2. The molecular formula is C44H54ClN5O5S. The molecule has 0 saturated carbocycles. The predicted octanol–water partition coefficient (Wildman–Crippen LogP) is 10.8. The van der Waals surface area contributed by atoms with E-state index in [4.69, 9.17) is 11.6 Å². The number of aromatic nitrogens is 1. The molecule has 1 aromatic heterocycles. The number of unbranched alkanes of at least 4 members (excludes halogenated alkanes) is 14. The molecule has 56 heavy (non-hydrogen) atoms. The molecule has 2 N–H and O–H groups in total. The Hall–Kier alpha value is -4.61. The van der Waals surface area contributed by atoms with Gasteiger partial charge in [-0.1, -0.05) is 157 Å². The average Bonchev–Trinajstić information content (AvgIpc) is 3.74. The van der Waals surface area contributed by atoms with E-state index >= 15 is 0 Å². The van der Waals surface area contributed by atoms with Gasteiger partial charge in [0.1, 0.15) is 12.2 Å². The fourth-order valence-electron chi connectivity index (χ4n) is 7.07. The van der Waals surface area contributed by atoms with Gasteiger partial charge in [-0.25, -0.2) is 9.69 Å². The molecule has 0 bridgehead atoms. The number of carbonyl (C=O) groups excluding carboxylic acids is 5. The molecule has 1 fully saturated rings. The van der Waals surface area contributed by atoms with E-state index in [1.165, 1.54) is 94.1 Å². The number of benzene rings is 3. The lowest BCUT2D eigenvalue weighted by Crippen LogP contribution is -2.52. The van der Waals surface area contributed by atoms with E-state index in [1.54, 1.807) is 24.3 Å². The Morgan fingerprint density at radius 1 is 0.768 bits per heavy atom. The number of rotatable bonds is 24. The van der Waals surface area contributed by atoms with Gasteiger partial charge in [-0.15, -0.1) is 0 Å². The van der Waals surface area contributed by atoms with Crippen molar-refractivity contribution in [1.29, 1.82) is 0 Å². The molecule has 10 nitrogen and oxygen atoms in total. The lowest BCUT2D eigenvalue weighted by molar-refractivity contribution is -0.131. The summed E-state index contributed by atoms with van der Waals surface area (Å²) in [7, 11) is 0. The van der Waals surface area contributed by atoms with Crippen molar-refractivity contribution in [3.63, 3.8) is 0 Å². The van der Waals surface area contributed by atoms with Gasteiger partial charge in [0.15, 0.2) is 6.04 Å². The third kappa shape index (κ3) is 12.2. The number of fused-ring (bicyclic) bond motifs is 1. The molecule has 1 atom stereocenters. The molecule has 298 valence electrons. The number of halogens is 1. The van der Waals surface area contributed by atoms with Crippen molar-refractivity contribution in [2.75, 3.05) is 17.2 Å². The number of Topliss-reactive ketones (excluding diaryl/α,β-unsaturated/α-hetero) is 1. The number of urea groups is 1. The molecule has 4 aromatic rings. The standard InChI is InChI=1S/C44H54ClN5O5S/c1-2-3-4-5-6-7-8-9-10-11-12-13-14-15-19-26-38(51)46-33-27-28-35(45)36(29-33)47-43(54)41(42(53)40-34-24-20-21-25-37(34)56-48-40)50-39(52)31-49(44(50)55)30-32-22-17-16-18-23-32/h16-18,20-25,27-29,41H,2-15,19,26,30-31H2,1H3,(H,46,51)(H,47,54). The average molecular weight is 800 g/mol.